The number of carbonyl (C=O) groups is 1. The van der Waals surface area contributed by atoms with Crippen LogP contribution in [-0.2, 0) is 0 Å². The molecule has 0 fully saturated rings. The molecule has 1 amide bonds. The number of rotatable bonds is 3. The summed E-state index contributed by atoms with van der Waals surface area (Å²) in [6, 6.07) is 8.54. The van der Waals surface area contributed by atoms with E-state index in [0.717, 1.165) is 0 Å². The number of amides is 1. The topological polar surface area (TPSA) is 54.0 Å². The van der Waals surface area contributed by atoms with E-state index in [-0.39, 0.29) is 16.9 Å². The predicted molar refractivity (Wildman–Crippen MR) is 73.1 cm³/mol. The van der Waals surface area contributed by atoms with Gasteiger partial charge in [-0.2, -0.15) is 0 Å². The molecular formula is C13H11ClFN3O. The molecule has 0 saturated heterocycles. The third kappa shape index (κ3) is 3.42. The Morgan fingerprint density at radius 1 is 1.26 bits per heavy atom. The second-order valence-electron chi connectivity index (χ2n) is 3.77. The molecule has 98 valence electrons. The van der Waals surface area contributed by atoms with Crippen LogP contribution in [0.15, 0.2) is 36.4 Å². The first-order valence-corrected chi connectivity index (χ1v) is 5.88. The number of nitrogens with zero attached hydrogens (tertiary/aromatic N) is 1. The van der Waals surface area contributed by atoms with Crippen molar-refractivity contribution >= 4 is 29.0 Å². The summed E-state index contributed by atoms with van der Waals surface area (Å²) in [4.78, 5) is 16.0. The van der Waals surface area contributed by atoms with Gasteiger partial charge < -0.3 is 10.6 Å². The van der Waals surface area contributed by atoms with Gasteiger partial charge in [0.05, 0.1) is 0 Å². The van der Waals surface area contributed by atoms with Gasteiger partial charge in [0.25, 0.3) is 5.91 Å². The molecule has 0 atom stereocenters. The van der Waals surface area contributed by atoms with E-state index in [1.54, 1.807) is 13.1 Å². The summed E-state index contributed by atoms with van der Waals surface area (Å²) in [5, 5.41) is 5.67. The van der Waals surface area contributed by atoms with Crippen molar-refractivity contribution in [1.82, 2.24) is 4.98 Å². The van der Waals surface area contributed by atoms with Crippen LogP contribution in [0.1, 0.15) is 10.4 Å². The van der Waals surface area contributed by atoms with E-state index in [0.29, 0.717) is 17.1 Å². The maximum atomic E-state index is 12.8. The summed E-state index contributed by atoms with van der Waals surface area (Å²) >= 11 is 5.82. The molecule has 0 radical (unpaired) electrons. The maximum Gasteiger partial charge on any atom is 0.255 e. The maximum absolute atomic E-state index is 12.8. The molecule has 0 aliphatic rings. The minimum atomic E-state index is -0.359. The van der Waals surface area contributed by atoms with E-state index in [1.165, 1.54) is 30.3 Å². The normalized spacial score (nSPS) is 10.1. The standard InChI is InChI=1S/C13H11ClFN3O/c1-16-12-7-8(6-11(14)18-12)13(19)17-10-4-2-9(15)3-5-10/h2-7H,1H3,(H,16,18)(H,17,19). The highest BCUT2D eigenvalue weighted by molar-refractivity contribution is 6.30. The van der Waals surface area contributed by atoms with Crippen molar-refractivity contribution in [2.75, 3.05) is 17.7 Å². The lowest BCUT2D eigenvalue weighted by Gasteiger charge is -2.07. The van der Waals surface area contributed by atoms with Crippen LogP contribution in [0.5, 0.6) is 0 Å². The Kier molecular flexibility index (Phi) is 3.97. The van der Waals surface area contributed by atoms with E-state index >= 15 is 0 Å². The third-order valence-corrected chi connectivity index (χ3v) is 2.61. The van der Waals surface area contributed by atoms with Gasteiger partial charge in [-0.25, -0.2) is 9.37 Å². The first-order chi connectivity index (χ1) is 9.08. The molecule has 0 saturated carbocycles. The molecule has 0 bridgehead atoms. The number of nitrogens with one attached hydrogen (secondary N) is 2. The van der Waals surface area contributed by atoms with Gasteiger partial charge in [0.15, 0.2) is 0 Å². The Balaban J connectivity index is 2.20. The first-order valence-electron chi connectivity index (χ1n) is 5.51. The van der Waals surface area contributed by atoms with Crippen LogP contribution in [0, 0.1) is 5.82 Å². The summed E-state index contributed by atoms with van der Waals surface area (Å²) in [6.45, 7) is 0. The zero-order chi connectivity index (χ0) is 13.8. The van der Waals surface area contributed by atoms with Gasteiger partial charge in [-0.15, -0.1) is 0 Å². The SMILES string of the molecule is CNc1cc(C(=O)Nc2ccc(F)cc2)cc(Cl)n1. The van der Waals surface area contributed by atoms with Gasteiger partial charge in [-0.3, -0.25) is 4.79 Å². The van der Waals surface area contributed by atoms with Crippen molar-refractivity contribution < 1.29 is 9.18 Å². The van der Waals surface area contributed by atoms with E-state index in [2.05, 4.69) is 15.6 Å². The number of anilines is 2. The Morgan fingerprint density at radius 2 is 1.95 bits per heavy atom. The Morgan fingerprint density at radius 3 is 2.58 bits per heavy atom. The molecule has 0 spiro atoms. The Labute approximate surface area is 114 Å². The lowest BCUT2D eigenvalue weighted by Crippen LogP contribution is -2.12. The van der Waals surface area contributed by atoms with Gasteiger partial charge in [-0.1, -0.05) is 11.6 Å². The van der Waals surface area contributed by atoms with Crippen molar-refractivity contribution in [2.24, 2.45) is 0 Å². The molecule has 4 nitrogen and oxygen atoms in total. The second-order valence-corrected chi connectivity index (χ2v) is 4.16. The molecule has 1 aromatic heterocycles. The van der Waals surface area contributed by atoms with E-state index < -0.39 is 0 Å². The van der Waals surface area contributed by atoms with E-state index in [4.69, 9.17) is 11.6 Å². The second kappa shape index (κ2) is 5.67. The van der Waals surface area contributed by atoms with Gasteiger partial charge in [0.1, 0.15) is 16.8 Å². The summed E-state index contributed by atoms with van der Waals surface area (Å²) in [5.41, 5.74) is 0.874. The molecule has 2 N–H and O–H groups in total. The summed E-state index contributed by atoms with van der Waals surface area (Å²) in [5.74, 6) is -0.202. The van der Waals surface area contributed by atoms with Crippen molar-refractivity contribution in [3.8, 4) is 0 Å². The predicted octanol–water partition coefficient (Wildman–Crippen LogP) is 3.17. The number of benzene rings is 1. The average Bonchev–Trinajstić information content (AvgIpc) is 2.40. The lowest BCUT2D eigenvalue weighted by molar-refractivity contribution is 0.102. The minimum absolute atomic E-state index is 0.219. The van der Waals surface area contributed by atoms with Crippen molar-refractivity contribution in [1.29, 1.82) is 0 Å². The lowest BCUT2D eigenvalue weighted by atomic mass is 10.2. The third-order valence-electron chi connectivity index (χ3n) is 2.41. The van der Waals surface area contributed by atoms with Gasteiger partial charge in [0.2, 0.25) is 0 Å². The summed E-state index contributed by atoms with van der Waals surface area (Å²) in [6.07, 6.45) is 0. The van der Waals surface area contributed by atoms with Crippen LogP contribution in [0.2, 0.25) is 5.15 Å². The molecule has 0 aliphatic carbocycles. The molecule has 1 aromatic carbocycles. The van der Waals surface area contributed by atoms with Crippen LogP contribution >= 0.6 is 11.6 Å². The molecule has 1 heterocycles. The zero-order valence-corrected chi connectivity index (χ0v) is 10.8. The first kappa shape index (κ1) is 13.3. The highest BCUT2D eigenvalue weighted by Gasteiger charge is 2.09. The highest BCUT2D eigenvalue weighted by Crippen LogP contribution is 2.16. The minimum Gasteiger partial charge on any atom is -0.373 e. The molecule has 2 aromatic rings. The van der Waals surface area contributed by atoms with Crippen LogP contribution in [0.25, 0.3) is 0 Å². The van der Waals surface area contributed by atoms with Crippen LogP contribution in [-0.4, -0.2) is 17.9 Å². The largest absolute Gasteiger partial charge is 0.373 e. The van der Waals surface area contributed by atoms with E-state index in [1.807, 2.05) is 0 Å². The van der Waals surface area contributed by atoms with Crippen molar-refractivity contribution in [2.45, 2.75) is 0 Å². The van der Waals surface area contributed by atoms with Gasteiger partial charge in [0, 0.05) is 18.3 Å². The summed E-state index contributed by atoms with van der Waals surface area (Å²) in [7, 11) is 1.68. The molecule has 0 aliphatic heterocycles. The quantitative estimate of drug-likeness (QED) is 0.849. The number of aromatic nitrogens is 1. The fourth-order valence-electron chi connectivity index (χ4n) is 1.49. The van der Waals surface area contributed by atoms with Crippen molar-refractivity contribution in [3.05, 3.63) is 52.9 Å². The number of halogens is 2. The fraction of sp³-hybridized carbons (Fsp3) is 0.0769. The molecule has 2 rings (SSSR count). The average molecular weight is 280 g/mol. The van der Waals surface area contributed by atoms with E-state index in [9.17, 15) is 9.18 Å². The number of pyridine rings is 1. The smallest absolute Gasteiger partial charge is 0.255 e. The molecule has 6 heteroatoms. The highest BCUT2D eigenvalue weighted by atomic mass is 35.5. The molecule has 19 heavy (non-hydrogen) atoms. The number of hydrogen-bond acceptors (Lipinski definition) is 3. The monoisotopic (exact) mass is 279 g/mol. The molecule has 0 unspecified atom stereocenters. The Hall–Kier alpha value is -2.14. The zero-order valence-electron chi connectivity index (χ0n) is 10.1. The van der Waals surface area contributed by atoms with Gasteiger partial charge >= 0.3 is 0 Å². The summed E-state index contributed by atoms with van der Waals surface area (Å²) < 4.78 is 12.8. The van der Waals surface area contributed by atoms with Crippen molar-refractivity contribution in [3.63, 3.8) is 0 Å². The number of hydrogen-bond donors (Lipinski definition) is 2. The molecular weight excluding hydrogens is 269 g/mol. The van der Waals surface area contributed by atoms with Crippen LogP contribution in [0.3, 0.4) is 0 Å². The Bertz CT molecular complexity index is 601. The number of carbonyl (C=O) groups excluding carboxylic acids is 1. The van der Waals surface area contributed by atoms with Crippen LogP contribution < -0.4 is 10.6 Å². The van der Waals surface area contributed by atoms with Crippen LogP contribution in [0.4, 0.5) is 15.9 Å². The van der Waals surface area contributed by atoms with Gasteiger partial charge in [-0.05, 0) is 36.4 Å². The fourth-order valence-corrected chi connectivity index (χ4v) is 1.70.